The summed E-state index contributed by atoms with van der Waals surface area (Å²) in [5.41, 5.74) is 0. The summed E-state index contributed by atoms with van der Waals surface area (Å²) in [6.45, 7) is 3.10. The first kappa shape index (κ1) is 11.0. The summed E-state index contributed by atoms with van der Waals surface area (Å²) in [6.07, 6.45) is 1.29. The predicted octanol–water partition coefficient (Wildman–Crippen LogP) is 0.912. The number of methoxy groups -OCH3 is 2. The molecule has 1 aliphatic carbocycles. The highest BCUT2D eigenvalue weighted by molar-refractivity contribution is 4.89. The average Bonchev–Trinajstić information content (AvgIpc) is 2.43. The van der Waals surface area contributed by atoms with Gasteiger partial charge in [-0.25, -0.2) is 0 Å². The lowest BCUT2D eigenvalue weighted by molar-refractivity contribution is 0.00982. The zero-order valence-electron chi connectivity index (χ0n) is 8.69. The lowest BCUT2D eigenvalue weighted by Crippen LogP contribution is -2.28. The number of ether oxygens (including phenoxy) is 2. The van der Waals surface area contributed by atoms with Gasteiger partial charge in [0, 0.05) is 26.7 Å². The molecule has 13 heavy (non-hydrogen) atoms. The Hall–Kier alpha value is -0.120. The van der Waals surface area contributed by atoms with Crippen LogP contribution in [-0.2, 0) is 9.47 Å². The summed E-state index contributed by atoms with van der Waals surface area (Å²) in [5.74, 6) is 1.23. The van der Waals surface area contributed by atoms with Crippen LogP contribution in [0.25, 0.3) is 0 Å². The van der Waals surface area contributed by atoms with E-state index in [1.807, 2.05) is 0 Å². The highest BCUT2D eigenvalue weighted by atomic mass is 16.5. The van der Waals surface area contributed by atoms with Crippen molar-refractivity contribution >= 4 is 0 Å². The predicted molar refractivity (Wildman–Crippen MR) is 50.5 cm³/mol. The van der Waals surface area contributed by atoms with Crippen molar-refractivity contribution in [3.8, 4) is 0 Å². The maximum absolute atomic E-state index is 9.24. The van der Waals surface area contributed by atoms with Gasteiger partial charge < -0.3 is 14.6 Å². The van der Waals surface area contributed by atoms with Crippen LogP contribution in [-0.4, -0.2) is 38.6 Å². The van der Waals surface area contributed by atoms with E-state index in [1.54, 1.807) is 14.2 Å². The fraction of sp³-hybridized carbons (Fsp3) is 1.00. The monoisotopic (exact) mass is 188 g/mol. The van der Waals surface area contributed by atoms with E-state index in [2.05, 4.69) is 6.92 Å². The number of aliphatic hydroxyl groups is 1. The van der Waals surface area contributed by atoms with Crippen molar-refractivity contribution in [3.05, 3.63) is 0 Å². The second-order valence-electron chi connectivity index (χ2n) is 3.95. The van der Waals surface area contributed by atoms with Gasteiger partial charge in [0.05, 0.1) is 12.7 Å². The van der Waals surface area contributed by atoms with Crippen LogP contribution in [0.4, 0.5) is 0 Å². The first-order valence-corrected chi connectivity index (χ1v) is 4.87. The minimum absolute atomic E-state index is 0.245. The normalized spacial score (nSPS) is 39.7. The van der Waals surface area contributed by atoms with E-state index in [9.17, 15) is 5.11 Å². The van der Waals surface area contributed by atoms with Crippen LogP contribution in [0.5, 0.6) is 0 Å². The van der Waals surface area contributed by atoms with Crippen molar-refractivity contribution in [2.24, 2.45) is 17.8 Å². The maximum Gasteiger partial charge on any atom is 0.0627 e. The van der Waals surface area contributed by atoms with Crippen molar-refractivity contribution < 1.29 is 14.6 Å². The lowest BCUT2D eigenvalue weighted by Gasteiger charge is -2.22. The van der Waals surface area contributed by atoms with Gasteiger partial charge in [0.15, 0.2) is 0 Å². The molecule has 1 fully saturated rings. The lowest BCUT2D eigenvalue weighted by atomic mass is 9.91. The molecule has 3 heteroatoms. The molecule has 0 heterocycles. The Balaban J connectivity index is 2.60. The second kappa shape index (κ2) is 4.94. The minimum atomic E-state index is 0.245. The fourth-order valence-electron chi connectivity index (χ4n) is 2.42. The first-order valence-electron chi connectivity index (χ1n) is 4.87. The molecule has 0 aromatic rings. The molecule has 1 saturated carbocycles. The molecule has 3 nitrogen and oxygen atoms in total. The Morgan fingerprint density at radius 3 is 2.46 bits per heavy atom. The van der Waals surface area contributed by atoms with Gasteiger partial charge in [0.25, 0.3) is 0 Å². The van der Waals surface area contributed by atoms with Crippen molar-refractivity contribution in [1.82, 2.24) is 0 Å². The van der Waals surface area contributed by atoms with Crippen LogP contribution in [0.3, 0.4) is 0 Å². The van der Waals surface area contributed by atoms with Gasteiger partial charge >= 0.3 is 0 Å². The largest absolute Gasteiger partial charge is 0.396 e. The molecule has 0 unspecified atom stereocenters. The Morgan fingerprint density at radius 2 is 2.00 bits per heavy atom. The van der Waals surface area contributed by atoms with Crippen LogP contribution < -0.4 is 0 Å². The summed E-state index contributed by atoms with van der Waals surface area (Å²) in [7, 11) is 3.43. The zero-order chi connectivity index (χ0) is 9.84. The molecule has 0 aliphatic heterocycles. The van der Waals surface area contributed by atoms with Crippen LogP contribution in [0.15, 0.2) is 0 Å². The molecule has 78 valence electrons. The van der Waals surface area contributed by atoms with Crippen LogP contribution >= 0.6 is 0 Å². The molecule has 0 spiro atoms. The van der Waals surface area contributed by atoms with Crippen molar-refractivity contribution in [2.75, 3.05) is 27.4 Å². The third-order valence-electron chi connectivity index (χ3n) is 3.24. The Kier molecular flexibility index (Phi) is 4.16. The van der Waals surface area contributed by atoms with E-state index in [-0.39, 0.29) is 12.7 Å². The van der Waals surface area contributed by atoms with E-state index >= 15 is 0 Å². The fourth-order valence-corrected chi connectivity index (χ4v) is 2.42. The molecule has 0 saturated heterocycles. The SMILES string of the molecule is COC[C@H]1[C@H](CO)[C@H](C)C[C@@H]1OC. The molecular formula is C10H20O3. The molecule has 1 N–H and O–H groups in total. The molecular weight excluding hydrogens is 168 g/mol. The minimum Gasteiger partial charge on any atom is -0.396 e. The second-order valence-corrected chi connectivity index (χ2v) is 3.95. The van der Waals surface area contributed by atoms with Crippen LogP contribution in [0.1, 0.15) is 13.3 Å². The number of hydrogen-bond acceptors (Lipinski definition) is 3. The number of aliphatic hydroxyl groups excluding tert-OH is 1. The Labute approximate surface area is 80.0 Å². The smallest absolute Gasteiger partial charge is 0.0627 e. The molecule has 0 aromatic carbocycles. The Bertz CT molecular complexity index is 149. The van der Waals surface area contributed by atoms with Gasteiger partial charge in [0.1, 0.15) is 0 Å². The number of hydrogen-bond donors (Lipinski definition) is 1. The van der Waals surface area contributed by atoms with E-state index < -0.39 is 0 Å². The van der Waals surface area contributed by atoms with Gasteiger partial charge in [0.2, 0.25) is 0 Å². The first-order chi connectivity index (χ1) is 6.24. The molecule has 1 rings (SSSR count). The van der Waals surface area contributed by atoms with Gasteiger partial charge in [-0.3, -0.25) is 0 Å². The van der Waals surface area contributed by atoms with Gasteiger partial charge in [-0.1, -0.05) is 6.92 Å². The van der Waals surface area contributed by atoms with E-state index in [0.717, 1.165) is 6.42 Å². The van der Waals surface area contributed by atoms with Gasteiger partial charge in [-0.05, 0) is 18.3 Å². The molecule has 1 aliphatic rings. The summed E-state index contributed by atoms with van der Waals surface area (Å²) in [6, 6.07) is 0. The molecule has 0 amide bonds. The van der Waals surface area contributed by atoms with Crippen LogP contribution in [0, 0.1) is 17.8 Å². The molecule has 0 radical (unpaired) electrons. The zero-order valence-corrected chi connectivity index (χ0v) is 8.69. The maximum atomic E-state index is 9.24. The van der Waals surface area contributed by atoms with Gasteiger partial charge in [-0.2, -0.15) is 0 Å². The van der Waals surface area contributed by atoms with E-state index in [1.165, 1.54) is 0 Å². The van der Waals surface area contributed by atoms with Gasteiger partial charge in [-0.15, -0.1) is 0 Å². The van der Waals surface area contributed by atoms with Crippen molar-refractivity contribution in [2.45, 2.75) is 19.4 Å². The van der Waals surface area contributed by atoms with E-state index in [4.69, 9.17) is 9.47 Å². The summed E-state index contributed by atoms with van der Waals surface area (Å²) in [4.78, 5) is 0. The van der Waals surface area contributed by atoms with E-state index in [0.29, 0.717) is 24.4 Å². The highest BCUT2D eigenvalue weighted by Crippen LogP contribution is 2.38. The Morgan fingerprint density at radius 1 is 1.31 bits per heavy atom. The molecule has 4 atom stereocenters. The molecule has 0 bridgehead atoms. The summed E-state index contributed by atoms with van der Waals surface area (Å²) < 4.78 is 10.5. The quantitative estimate of drug-likeness (QED) is 0.712. The summed E-state index contributed by atoms with van der Waals surface area (Å²) >= 11 is 0. The summed E-state index contributed by atoms with van der Waals surface area (Å²) in [5, 5.41) is 9.24. The average molecular weight is 188 g/mol. The van der Waals surface area contributed by atoms with Crippen LogP contribution in [0.2, 0.25) is 0 Å². The third kappa shape index (κ3) is 2.22. The topological polar surface area (TPSA) is 38.7 Å². The number of rotatable bonds is 4. The highest BCUT2D eigenvalue weighted by Gasteiger charge is 2.40. The molecule has 0 aromatic heterocycles. The standard InChI is InChI=1S/C10H20O3/c1-7-4-10(13-3)9(6-12-2)8(7)5-11/h7-11H,4-6H2,1-3H3/t7-,8-,9+,10+/m1/s1. The van der Waals surface area contributed by atoms with Crippen molar-refractivity contribution in [3.63, 3.8) is 0 Å². The van der Waals surface area contributed by atoms with Crippen molar-refractivity contribution in [1.29, 1.82) is 0 Å². The third-order valence-corrected chi connectivity index (χ3v) is 3.24.